The molecule has 2 aliphatic carbocycles. The van der Waals surface area contributed by atoms with Gasteiger partial charge in [0.25, 0.3) is 0 Å². The van der Waals surface area contributed by atoms with Crippen LogP contribution in [0.2, 0.25) is 0 Å². The summed E-state index contributed by atoms with van der Waals surface area (Å²) in [6.07, 6.45) is 10.1. The molecule has 0 radical (unpaired) electrons. The summed E-state index contributed by atoms with van der Waals surface area (Å²) in [4.78, 5) is 0. The second kappa shape index (κ2) is 4.23. The van der Waals surface area contributed by atoms with Gasteiger partial charge >= 0.3 is 0 Å². The molecular weight excluding hydrogens is 232 g/mol. The molecule has 0 amide bonds. The topological polar surface area (TPSA) is 12.5 Å². The normalized spacial score (nSPS) is 51.9. The van der Waals surface area contributed by atoms with Crippen LogP contribution in [0.5, 0.6) is 0 Å². The Labute approximate surface area is 119 Å². The highest BCUT2D eigenvalue weighted by Gasteiger charge is 2.68. The van der Waals surface area contributed by atoms with E-state index in [-0.39, 0.29) is 5.60 Å². The van der Waals surface area contributed by atoms with Crippen molar-refractivity contribution in [3.8, 4) is 0 Å². The number of epoxide rings is 1. The first-order valence-electron chi connectivity index (χ1n) is 8.58. The van der Waals surface area contributed by atoms with Gasteiger partial charge in [-0.25, -0.2) is 0 Å². The van der Waals surface area contributed by atoms with Crippen LogP contribution in [0, 0.1) is 22.7 Å². The third-order valence-electron chi connectivity index (χ3n) is 7.11. The molecule has 1 saturated heterocycles. The molecule has 5 atom stereocenters. The average molecular weight is 264 g/mol. The molecular formula is C18H32O. The van der Waals surface area contributed by atoms with Crippen LogP contribution in [0.25, 0.3) is 0 Å². The van der Waals surface area contributed by atoms with Gasteiger partial charge < -0.3 is 4.74 Å². The van der Waals surface area contributed by atoms with Crippen molar-refractivity contribution >= 4 is 0 Å². The lowest BCUT2D eigenvalue weighted by Gasteiger charge is -2.59. The van der Waals surface area contributed by atoms with E-state index in [1.807, 2.05) is 0 Å². The van der Waals surface area contributed by atoms with Crippen molar-refractivity contribution in [2.45, 2.75) is 91.3 Å². The summed E-state index contributed by atoms with van der Waals surface area (Å²) in [5.74, 6) is 1.70. The molecule has 0 aromatic heterocycles. The zero-order chi connectivity index (χ0) is 13.9. The highest BCUT2D eigenvalue weighted by molar-refractivity contribution is 5.16. The Hall–Kier alpha value is -0.0400. The molecule has 110 valence electrons. The van der Waals surface area contributed by atoms with Crippen LogP contribution >= 0.6 is 0 Å². The minimum absolute atomic E-state index is 0.280. The average Bonchev–Trinajstić information content (AvgIpc) is 3.01. The molecule has 0 bridgehead atoms. The maximum atomic E-state index is 6.28. The fourth-order valence-electron chi connectivity index (χ4n) is 6.40. The SMILES string of the molecule is CCC1OC12CCC1C(C)(C)CCCC1(C)C2CC. The van der Waals surface area contributed by atoms with Gasteiger partial charge in [0, 0.05) is 0 Å². The van der Waals surface area contributed by atoms with Crippen LogP contribution in [0.15, 0.2) is 0 Å². The van der Waals surface area contributed by atoms with Crippen molar-refractivity contribution in [2.75, 3.05) is 0 Å². The Balaban J connectivity index is 1.93. The molecule has 3 rings (SSSR count). The van der Waals surface area contributed by atoms with E-state index in [9.17, 15) is 0 Å². The standard InChI is InChI=1S/C18H32O/c1-6-13-17(5)11-8-10-16(3,4)14(17)9-12-18(13)15(7-2)19-18/h13-15H,6-12H2,1-5H3. The largest absolute Gasteiger partial charge is 0.366 e. The summed E-state index contributed by atoms with van der Waals surface area (Å²) in [7, 11) is 0. The molecule has 1 heteroatoms. The van der Waals surface area contributed by atoms with Crippen molar-refractivity contribution in [2.24, 2.45) is 22.7 Å². The van der Waals surface area contributed by atoms with E-state index in [1.54, 1.807) is 0 Å². The Morgan fingerprint density at radius 2 is 1.74 bits per heavy atom. The van der Waals surface area contributed by atoms with Gasteiger partial charge in [-0.3, -0.25) is 0 Å². The lowest BCUT2D eigenvalue weighted by molar-refractivity contribution is -0.106. The van der Waals surface area contributed by atoms with Gasteiger partial charge in [-0.05, 0) is 61.2 Å². The van der Waals surface area contributed by atoms with Gasteiger partial charge in [-0.15, -0.1) is 0 Å². The lowest BCUT2D eigenvalue weighted by atomic mass is 9.45. The zero-order valence-electron chi connectivity index (χ0n) is 13.6. The molecule has 1 aliphatic heterocycles. The Morgan fingerprint density at radius 1 is 1.00 bits per heavy atom. The van der Waals surface area contributed by atoms with Crippen molar-refractivity contribution in [3.05, 3.63) is 0 Å². The third kappa shape index (κ3) is 1.76. The lowest BCUT2D eigenvalue weighted by Crippen LogP contribution is -2.54. The minimum Gasteiger partial charge on any atom is -0.366 e. The number of ether oxygens (including phenoxy) is 1. The van der Waals surface area contributed by atoms with Gasteiger partial charge in [0.2, 0.25) is 0 Å². The fraction of sp³-hybridized carbons (Fsp3) is 1.00. The summed E-state index contributed by atoms with van der Waals surface area (Å²) in [6.45, 7) is 12.3. The van der Waals surface area contributed by atoms with E-state index in [0.717, 1.165) is 11.8 Å². The molecule has 0 N–H and O–H groups in total. The van der Waals surface area contributed by atoms with Crippen molar-refractivity contribution in [1.82, 2.24) is 0 Å². The molecule has 2 saturated carbocycles. The maximum Gasteiger partial charge on any atom is 0.0981 e. The van der Waals surface area contributed by atoms with E-state index >= 15 is 0 Å². The monoisotopic (exact) mass is 264 g/mol. The number of fused-ring (bicyclic) bond motifs is 1. The van der Waals surface area contributed by atoms with E-state index in [1.165, 1.54) is 44.9 Å². The van der Waals surface area contributed by atoms with Gasteiger partial charge in [0.1, 0.15) is 0 Å². The summed E-state index contributed by atoms with van der Waals surface area (Å²) >= 11 is 0. The Kier molecular flexibility index (Phi) is 3.10. The molecule has 1 spiro atoms. The smallest absolute Gasteiger partial charge is 0.0981 e. The first-order chi connectivity index (χ1) is 8.90. The molecule has 19 heavy (non-hydrogen) atoms. The summed E-state index contributed by atoms with van der Waals surface area (Å²) < 4.78 is 6.28. The van der Waals surface area contributed by atoms with Gasteiger partial charge in [-0.1, -0.05) is 41.0 Å². The summed E-state index contributed by atoms with van der Waals surface area (Å²) in [5, 5.41) is 0. The quantitative estimate of drug-likeness (QED) is 0.626. The van der Waals surface area contributed by atoms with E-state index in [2.05, 4.69) is 34.6 Å². The first kappa shape index (κ1) is 13.9. The second-order valence-corrected chi connectivity index (χ2v) is 8.37. The molecule has 1 nitrogen and oxygen atoms in total. The van der Waals surface area contributed by atoms with Crippen LogP contribution in [-0.4, -0.2) is 11.7 Å². The molecule has 5 unspecified atom stereocenters. The van der Waals surface area contributed by atoms with Crippen LogP contribution < -0.4 is 0 Å². The van der Waals surface area contributed by atoms with Crippen LogP contribution in [0.4, 0.5) is 0 Å². The Morgan fingerprint density at radius 3 is 2.32 bits per heavy atom. The Bertz CT molecular complexity index is 361. The van der Waals surface area contributed by atoms with Crippen LogP contribution in [0.1, 0.15) is 79.6 Å². The summed E-state index contributed by atoms with van der Waals surface area (Å²) in [5.41, 5.74) is 1.35. The van der Waals surface area contributed by atoms with Crippen LogP contribution in [0.3, 0.4) is 0 Å². The van der Waals surface area contributed by atoms with Crippen molar-refractivity contribution < 1.29 is 4.74 Å². The molecule has 1 heterocycles. The number of hydrogen-bond acceptors (Lipinski definition) is 1. The number of rotatable bonds is 2. The molecule has 0 aromatic rings. The minimum atomic E-state index is 0.280. The fourth-order valence-corrected chi connectivity index (χ4v) is 6.40. The highest BCUT2D eigenvalue weighted by atomic mass is 16.6. The summed E-state index contributed by atoms with van der Waals surface area (Å²) in [6, 6.07) is 0. The maximum absolute atomic E-state index is 6.28. The third-order valence-corrected chi connectivity index (χ3v) is 7.11. The van der Waals surface area contributed by atoms with Gasteiger partial charge in [-0.2, -0.15) is 0 Å². The van der Waals surface area contributed by atoms with E-state index in [0.29, 0.717) is 16.9 Å². The highest BCUT2D eigenvalue weighted by Crippen LogP contribution is 2.68. The molecule has 0 aromatic carbocycles. The zero-order valence-corrected chi connectivity index (χ0v) is 13.6. The van der Waals surface area contributed by atoms with Gasteiger partial charge in [0.15, 0.2) is 0 Å². The molecule has 3 aliphatic rings. The first-order valence-corrected chi connectivity index (χ1v) is 8.58. The second-order valence-electron chi connectivity index (χ2n) is 8.37. The van der Waals surface area contributed by atoms with E-state index < -0.39 is 0 Å². The molecule has 3 fully saturated rings. The predicted octanol–water partition coefficient (Wildman–Crippen LogP) is 5.19. The van der Waals surface area contributed by atoms with Crippen molar-refractivity contribution in [3.63, 3.8) is 0 Å². The van der Waals surface area contributed by atoms with Crippen LogP contribution in [-0.2, 0) is 4.74 Å². The van der Waals surface area contributed by atoms with Gasteiger partial charge in [0.05, 0.1) is 11.7 Å². The van der Waals surface area contributed by atoms with Crippen molar-refractivity contribution in [1.29, 1.82) is 0 Å². The predicted molar refractivity (Wildman–Crippen MR) is 80.1 cm³/mol. The number of hydrogen-bond donors (Lipinski definition) is 0. The van der Waals surface area contributed by atoms with E-state index in [4.69, 9.17) is 4.74 Å².